The Balaban J connectivity index is 0.00000529. The Morgan fingerprint density at radius 1 is 1.12 bits per heavy atom. The molecule has 0 unspecified atom stereocenters. The van der Waals surface area contributed by atoms with Crippen LogP contribution in [0.4, 0.5) is 0 Å². The standard InChI is InChI=1S/C17H35N5O.HI/c1-13(2)22(14(3)4)12-11-20-17(18-5)19-10-6-7-16(23)21-15-8-9-15;/h13-15H,6-12H2,1-5H3,(H,21,23)(H2,18,19,20);1H. The first-order chi connectivity index (χ1) is 10.9. The maximum atomic E-state index is 11.6. The summed E-state index contributed by atoms with van der Waals surface area (Å²) in [6.45, 7) is 11.5. The highest BCUT2D eigenvalue weighted by Crippen LogP contribution is 2.18. The third kappa shape index (κ3) is 10.3. The van der Waals surface area contributed by atoms with Crippen LogP contribution in [0.1, 0.15) is 53.4 Å². The van der Waals surface area contributed by atoms with Gasteiger partial charge in [-0.1, -0.05) is 0 Å². The molecule has 0 heterocycles. The number of guanidine groups is 1. The molecule has 1 aliphatic rings. The van der Waals surface area contributed by atoms with Gasteiger partial charge in [0.25, 0.3) is 0 Å². The van der Waals surface area contributed by atoms with Crippen LogP contribution in [0.15, 0.2) is 4.99 Å². The zero-order chi connectivity index (χ0) is 17.2. The Morgan fingerprint density at radius 2 is 1.71 bits per heavy atom. The highest BCUT2D eigenvalue weighted by atomic mass is 127. The quantitative estimate of drug-likeness (QED) is 0.205. The van der Waals surface area contributed by atoms with Gasteiger partial charge in [0.2, 0.25) is 5.91 Å². The Hall–Kier alpha value is -0.570. The summed E-state index contributed by atoms with van der Waals surface area (Å²) >= 11 is 0. The number of carbonyl (C=O) groups excluding carboxylic acids is 1. The van der Waals surface area contributed by atoms with Gasteiger partial charge < -0.3 is 16.0 Å². The average molecular weight is 453 g/mol. The molecule has 1 fully saturated rings. The van der Waals surface area contributed by atoms with E-state index in [0.29, 0.717) is 24.5 Å². The lowest BCUT2D eigenvalue weighted by Crippen LogP contribution is -2.45. The molecule has 0 saturated heterocycles. The van der Waals surface area contributed by atoms with Crippen LogP contribution < -0.4 is 16.0 Å². The monoisotopic (exact) mass is 453 g/mol. The molecule has 0 spiro atoms. The van der Waals surface area contributed by atoms with Gasteiger partial charge in [-0.25, -0.2) is 0 Å². The minimum atomic E-state index is 0. The second-order valence-electron chi connectivity index (χ2n) is 6.80. The molecule has 0 radical (unpaired) electrons. The summed E-state index contributed by atoms with van der Waals surface area (Å²) in [6.07, 6.45) is 3.69. The van der Waals surface area contributed by atoms with Crippen molar-refractivity contribution in [2.45, 2.75) is 71.5 Å². The molecule has 0 aromatic carbocycles. The van der Waals surface area contributed by atoms with E-state index in [4.69, 9.17) is 0 Å². The second kappa shape index (κ2) is 12.7. The first-order valence-electron chi connectivity index (χ1n) is 8.93. The molecule has 1 rings (SSSR count). The van der Waals surface area contributed by atoms with E-state index in [9.17, 15) is 4.79 Å². The van der Waals surface area contributed by atoms with Crippen LogP contribution in [0, 0.1) is 0 Å². The number of carbonyl (C=O) groups is 1. The smallest absolute Gasteiger partial charge is 0.220 e. The number of nitrogens with one attached hydrogen (secondary N) is 3. The number of amides is 1. The lowest BCUT2D eigenvalue weighted by atomic mass is 10.2. The largest absolute Gasteiger partial charge is 0.356 e. The van der Waals surface area contributed by atoms with E-state index in [1.165, 1.54) is 0 Å². The average Bonchev–Trinajstić information content (AvgIpc) is 3.28. The van der Waals surface area contributed by atoms with E-state index in [1.54, 1.807) is 7.05 Å². The predicted molar refractivity (Wildman–Crippen MR) is 112 cm³/mol. The topological polar surface area (TPSA) is 68.8 Å². The van der Waals surface area contributed by atoms with Crippen molar-refractivity contribution in [1.29, 1.82) is 0 Å². The fraction of sp³-hybridized carbons (Fsp3) is 0.882. The van der Waals surface area contributed by atoms with Crippen molar-refractivity contribution in [3.8, 4) is 0 Å². The van der Waals surface area contributed by atoms with Crippen LogP contribution in [-0.4, -0.2) is 61.6 Å². The number of hydrogen-bond acceptors (Lipinski definition) is 3. The summed E-state index contributed by atoms with van der Waals surface area (Å²) in [5, 5.41) is 9.61. The Kier molecular flexibility index (Phi) is 12.4. The van der Waals surface area contributed by atoms with Gasteiger partial charge in [-0.2, -0.15) is 0 Å². The van der Waals surface area contributed by atoms with E-state index in [-0.39, 0.29) is 29.9 Å². The summed E-state index contributed by atoms with van der Waals surface area (Å²) < 4.78 is 0. The fourth-order valence-electron chi connectivity index (χ4n) is 2.62. The summed E-state index contributed by atoms with van der Waals surface area (Å²) in [4.78, 5) is 18.3. The molecule has 1 saturated carbocycles. The molecule has 24 heavy (non-hydrogen) atoms. The predicted octanol–water partition coefficient (Wildman–Crippen LogP) is 1.95. The molecular weight excluding hydrogens is 417 g/mol. The van der Waals surface area contributed by atoms with Crippen molar-refractivity contribution in [2.24, 2.45) is 4.99 Å². The SMILES string of the molecule is CN=C(NCCCC(=O)NC1CC1)NCCN(C(C)C)C(C)C.I. The highest BCUT2D eigenvalue weighted by Gasteiger charge is 2.22. The molecule has 6 nitrogen and oxygen atoms in total. The number of rotatable bonds is 10. The third-order valence-corrected chi connectivity index (χ3v) is 4.03. The van der Waals surface area contributed by atoms with Crippen molar-refractivity contribution in [3.05, 3.63) is 0 Å². The van der Waals surface area contributed by atoms with E-state index in [1.807, 2.05) is 0 Å². The van der Waals surface area contributed by atoms with Crippen molar-refractivity contribution in [2.75, 3.05) is 26.7 Å². The van der Waals surface area contributed by atoms with E-state index in [0.717, 1.165) is 44.9 Å². The van der Waals surface area contributed by atoms with Crippen molar-refractivity contribution in [1.82, 2.24) is 20.9 Å². The summed E-state index contributed by atoms with van der Waals surface area (Å²) in [5.74, 6) is 0.974. The van der Waals surface area contributed by atoms with E-state index >= 15 is 0 Å². The van der Waals surface area contributed by atoms with Crippen LogP contribution in [0.2, 0.25) is 0 Å². The maximum absolute atomic E-state index is 11.6. The van der Waals surface area contributed by atoms with Crippen molar-refractivity contribution in [3.63, 3.8) is 0 Å². The van der Waals surface area contributed by atoms with Crippen LogP contribution in [0.25, 0.3) is 0 Å². The molecule has 142 valence electrons. The van der Waals surface area contributed by atoms with Gasteiger partial charge in [-0.15, -0.1) is 24.0 Å². The Morgan fingerprint density at radius 3 is 2.21 bits per heavy atom. The lowest BCUT2D eigenvalue weighted by Gasteiger charge is -2.30. The number of aliphatic imine (C=N–C) groups is 1. The van der Waals surface area contributed by atoms with Gasteiger partial charge >= 0.3 is 0 Å². The molecular formula is C17H36IN5O. The van der Waals surface area contributed by atoms with Crippen LogP contribution in [-0.2, 0) is 4.79 Å². The summed E-state index contributed by atoms with van der Waals surface area (Å²) in [7, 11) is 1.78. The minimum Gasteiger partial charge on any atom is -0.356 e. The molecule has 0 aliphatic heterocycles. The van der Waals surface area contributed by atoms with Gasteiger partial charge in [0.05, 0.1) is 0 Å². The Labute approximate surface area is 164 Å². The van der Waals surface area contributed by atoms with Crippen LogP contribution in [0.5, 0.6) is 0 Å². The minimum absolute atomic E-state index is 0. The third-order valence-electron chi connectivity index (χ3n) is 4.03. The van der Waals surface area contributed by atoms with Crippen LogP contribution in [0.3, 0.4) is 0 Å². The van der Waals surface area contributed by atoms with E-state index in [2.05, 4.69) is 53.5 Å². The number of hydrogen-bond donors (Lipinski definition) is 3. The normalized spacial score (nSPS) is 14.8. The molecule has 0 aromatic rings. The number of nitrogens with zero attached hydrogens (tertiary/aromatic N) is 2. The number of halogens is 1. The summed E-state index contributed by atoms with van der Waals surface area (Å²) in [5.41, 5.74) is 0. The first kappa shape index (κ1) is 23.4. The van der Waals surface area contributed by atoms with Gasteiger partial charge in [-0.3, -0.25) is 14.7 Å². The maximum Gasteiger partial charge on any atom is 0.220 e. The van der Waals surface area contributed by atoms with Gasteiger partial charge in [-0.05, 0) is 47.0 Å². The Bertz CT molecular complexity index is 375. The zero-order valence-corrected chi connectivity index (χ0v) is 18.2. The van der Waals surface area contributed by atoms with Crippen LogP contribution >= 0.6 is 24.0 Å². The lowest BCUT2D eigenvalue weighted by molar-refractivity contribution is -0.121. The zero-order valence-electron chi connectivity index (χ0n) is 15.9. The van der Waals surface area contributed by atoms with Gasteiger partial charge in [0.1, 0.15) is 0 Å². The molecule has 0 bridgehead atoms. The van der Waals surface area contributed by atoms with Crippen molar-refractivity contribution < 1.29 is 4.79 Å². The first-order valence-corrected chi connectivity index (χ1v) is 8.93. The molecule has 0 atom stereocenters. The molecule has 1 aliphatic carbocycles. The molecule has 7 heteroatoms. The molecule has 0 aromatic heterocycles. The molecule has 1 amide bonds. The summed E-state index contributed by atoms with van der Waals surface area (Å²) in [6, 6.07) is 1.53. The van der Waals surface area contributed by atoms with Gasteiger partial charge in [0.15, 0.2) is 5.96 Å². The fourth-order valence-corrected chi connectivity index (χ4v) is 2.62. The second-order valence-corrected chi connectivity index (χ2v) is 6.80. The van der Waals surface area contributed by atoms with E-state index < -0.39 is 0 Å². The van der Waals surface area contributed by atoms with Crippen molar-refractivity contribution >= 4 is 35.8 Å². The van der Waals surface area contributed by atoms with Gasteiger partial charge in [0, 0.05) is 51.2 Å². The molecule has 3 N–H and O–H groups in total. The highest BCUT2D eigenvalue weighted by molar-refractivity contribution is 14.0.